The molecule has 0 amide bonds. The predicted octanol–water partition coefficient (Wildman–Crippen LogP) is 3.93. The minimum atomic E-state index is -0.253. The topological polar surface area (TPSA) is 50.4 Å². The highest BCUT2D eigenvalue weighted by Crippen LogP contribution is 2.27. The quantitative estimate of drug-likeness (QED) is 0.740. The van der Waals surface area contributed by atoms with Gasteiger partial charge < -0.3 is 9.52 Å². The van der Waals surface area contributed by atoms with E-state index in [9.17, 15) is 9.90 Å². The number of phenols is 1. The van der Waals surface area contributed by atoms with E-state index >= 15 is 0 Å². The highest BCUT2D eigenvalue weighted by atomic mass is 79.9. The molecule has 94 valence electrons. The highest BCUT2D eigenvalue weighted by Gasteiger charge is 2.09. The van der Waals surface area contributed by atoms with Gasteiger partial charge in [-0.25, -0.2) is 0 Å². The number of aromatic hydroxyl groups is 1. The standard InChI is InChI=1S/C15H9BrO3/c16-10-6-4-9(5-7-10)14-8-12(18)15-11(17)2-1-3-13(15)19-14/h1-8,17H. The first-order valence-electron chi connectivity index (χ1n) is 5.67. The van der Waals surface area contributed by atoms with Crippen molar-refractivity contribution in [1.82, 2.24) is 0 Å². The van der Waals surface area contributed by atoms with E-state index in [4.69, 9.17) is 4.42 Å². The maximum Gasteiger partial charge on any atom is 0.197 e. The Kier molecular flexibility index (Phi) is 2.87. The average Bonchev–Trinajstić information content (AvgIpc) is 2.39. The minimum Gasteiger partial charge on any atom is -0.507 e. The van der Waals surface area contributed by atoms with Crippen LogP contribution in [0.2, 0.25) is 0 Å². The summed E-state index contributed by atoms with van der Waals surface area (Å²) in [7, 11) is 0. The summed E-state index contributed by atoms with van der Waals surface area (Å²) in [6.07, 6.45) is 0. The lowest BCUT2D eigenvalue weighted by atomic mass is 10.1. The van der Waals surface area contributed by atoms with Gasteiger partial charge in [-0.15, -0.1) is 0 Å². The molecule has 0 radical (unpaired) electrons. The lowest BCUT2D eigenvalue weighted by Crippen LogP contribution is -2.00. The van der Waals surface area contributed by atoms with Crippen LogP contribution in [0, 0.1) is 0 Å². The molecule has 0 atom stereocenters. The molecule has 3 aromatic rings. The molecule has 19 heavy (non-hydrogen) atoms. The molecule has 1 N–H and O–H groups in total. The van der Waals surface area contributed by atoms with Crippen molar-refractivity contribution in [2.75, 3.05) is 0 Å². The third-order valence-corrected chi connectivity index (χ3v) is 3.39. The maximum atomic E-state index is 12.0. The summed E-state index contributed by atoms with van der Waals surface area (Å²) in [4.78, 5) is 12.0. The van der Waals surface area contributed by atoms with E-state index in [1.807, 2.05) is 24.3 Å². The number of hydrogen-bond donors (Lipinski definition) is 1. The van der Waals surface area contributed by atoms with Crippen LogP contribution in [0.25, 0.3) is 22.3 Å². The summed E-state index contributed by atoms with van der Waals surface area (Å²) in [5, 5.41) is 9.90. The third-order valence-electron chi connectivity index (χ3n) is 2.86. The van der Waals surface area contributed by atoms with Crippen LogP contribution >= 0.6 is 15.9 Å². The molecule has 0 aliphatic carbocycles. The second kappa shape index (κ2) is 4.55. The summed E-state index contributed by atoms with van der Waals surface area (Å²) in [5.41, 5.74) is 0.938. The molecular weight excluding hydrogens is 308 g/mol. The van der Waals surface area contributed by atoms with Crippen molar-refractivity contribution in [3.05, 3.63) is 63.2 Å². The van der Waals surface area contributed by atoms with Gasteiger partial charge in [0.2, 0.25) is 0 Å². The summed E-state index contributed by atoms with van der Waals surface area (Å²) < 4.78 is 6.63. The fourth-order valence-corrected chi connectivity index (χ4v) is 2.21. The van der Waals surface area contributed by atoms with Gasteiger partial charge in [0.05, 0.1) is 0 Å². The molecule has 0 aliphatic heterocycles. The Labute approximate surface area is 117 Å². The van der Waals surface area contributed by atoms with Gasteiger partial charge in [0.25, 0.3) is 0 Å². The van der Waals surface area contributed by atoms with Crippen LogP contribution in [-0.2, 0) is 0 Å². The summed E-state index contributed by atoms with van der Waals surface area (Å²) in [5.74, 6) is 0.421. The van der Waals surface area contributed by atoms with Crippen LogP contribution < -0.4 is 5.43 Å². The van der Waals surface area contributed by atoms with Crippen LogP contribution in [0.4, 0.5) is 0 Å². The van der Waals surface area contributed by atoms with E-state index in [2.05, 4.69) is 15.9 Å². The fraction of sp³-hybridized carbons (Fsp3) is 0. The summed E-state index contributed by atoms with van der Waals surface area (Å²) >= 11 is 3.36. The molecule has 3 nitrogen and oxygen atoms in total. The molecule has 2 aromatic carbocycles. The molecular formula is C15H9BrO3. The Morgan fingerprint density at radius 1 is 1.05 bits per heavy atom. The van der Waals surface area contributed by atoms with Crippen molar-refractivity contribution in [2.24, 2.45) is 0 Å². The van der Waals surface area contributed by atoms with Gasteiger partial charge in [0.15, 0.2) is 5.43 Å². The van der Waals surface area contributed by atoms with Crippen LogP contribution in [0.3, 0.4) is 0 Å². The third kappa shape index (κ3) is 2.15. The van der Waals surface area contributed by atoms with Gasteiger partial charge in [-0.1, -0.05) is 34.1 Å². The number of hydrogen-bond acceptors (Lipinski definition) is 3. The zero-order valence-corrected chi connectivity index (χ0v) is 11.3. The molecule has 0 bridgehead atoms. The molecule has 0 fully saturated rings. The minimum absolute atomic E-state index is 0.0615. The lowest BCUT2D eigenvalue weighted by molar-refractivity contribution is 0.479. The van der Waals surface area contributed by atoms with E-state index in [-0.39, 0.29) is 16.6 Å². The van der Waals surface area contributed by atoms with Crippen molar-refractivity contribution < 1.29 is 9.52 Å². The van der Waals surface area contributed by atoms with Crippen molar-refractivity contribution in [3.63, 3.8) is 0 Å². The van der Waals surface area contributed by atoms with Crippen molar-refractivity contribution >= 4 is 26.9 Å². The van der Waals surface area contributed by atoms with Gasteiger partial charge in [0, 0.05) is 16.1 Å². The highest BCUT2D eigenvalue weighted by molar-refractivity contribution is 9.10. The Hall–Kier alpha value is -2.07. The number of phenolic OH excluding ortho intramolecular Hbond substituents is 1. The lowest BCUT2D eigenvalue weighted by Gasteiger charge is -2.04. The van der Waals surface area contributed by atoms with Gasteiger partial charge in [-0.3, -0.25) is 4.79 Å². The van der Waals surface area contributed by atoms with Crippen LogP contribution in [0.5, 0.6) is 5.75 Å². The molecule has 0 saturated carbocycles. The second-order valence-corrected chi connectivity index (χ2v) is 5.05. The molecule has 0 spiro atoms. The Balaban J connectivity index is 2.27. The normalized spacial score (nSPS) is 10.8. The monoisotopic (exact) mass is 316 g/mol. The first-order valence-corrected chi connectivity index (χ1v) is 6.46. The maximum absolute atomic E-state index is 12.0. The molecule has 3 rings (SSSR count). The van der Waals surface area contributed by atoms with Crippen LogP contribution in [-0.4, -0.2) is 5.11 Å². The molecule has 0 unspecified atom stereocenters. The fourth-order valence-electron chi connectivity index (χ4n) is 1.95. The van der Waals surface area contributed by atoms with Crippen molar-refractivity contribution in [3.8, 4) is 17.1 Å². The Bertz CT molecular complexity index is 804. The van der Waals surface area contributed by atoms with Gasteiger partial charge in [0.1, 0.15) is 22.5 Å². The number of rotatable bonds is 1. The Morgan fingerprint density at radius 3 is 2.53 bits per heavy atom. The van der Waals surface area contributed by atoms with E-state index in [0.29, 0.717) is 11.3 Å². The molecule has 4 heteroatoms. The van der Waals surface area contributed by atoms with E-state index in [1.54, 1.807) is 12.1 Å². The Morgan fingerprint density at radius 2 is 1.79 bits per heavy atom. The first-order chi connectivity index (χ1) is 9.15. The zero-order chi connectivity index (χ0) is 13.4. The molecule has 0 aliphatic rings. The van der Waals surface area contributed by atoms with E-state index < -0.39 is 0 Å². The molecule has 1 aromatic heterocycles. The SMILES string of the molecule is O=c1cc(-c2ccc(Br)cc2)oc2cccc(O)c12. The van der Waals surface area contributed by atoms with Crippen molar-refractivity contribution in [1.29, 1.82) is 0 Å². The van der Waals surface area contributed by atoms with Gasteiger partial charge >= 0.3 is 0 Å². The molecule has 1 heterocycles. The van der Waals surface area contributed by atoms with Crippen molar-refractivity contribution in [2.45, 2.75) is 0 Å². The number of benzene rings is 2. The zero-order valence-electron chi connectivity index (χ0n) is 9.76. The summed E-state index contributed by atoms with van der Waals surface area (Å²) in [6, 6.07) is 13.6. The number of halogens is 1. The first kappa shape index (κ1) is 12.0. The van der Waals surface area contributed by atoms with Gasteiger partial charge in [-0.2, -0.15) is 0 Å². The van der Waals surface area contributed by atoms with Crippen LogP contribution in [0.15, 0.2) is 62.2 Å². The second-order valence-electron chi connectivity index (χ2n) is 4.13. The number of fused-ring (bicyclic) bond motifs is 1. The summed E-state index contributed by atoms with van der Waals surface area (Å²) in [6.45, 7) is 0. The van der Waals surface area contributed by atoms with Crippen LogP contribution in [0.1, 0.15) is 0 Å². The largest absolute Gasteiger partial charge is 0.507 e. The van der Waals surface area contributed by atoms with E-state index in [1.165, 1.54) is 12.1 Å². The predicted molar refractivity (Wildman–Crippen MR) is 77.3 cm³/mol. The molecule has 0 saturated heterocycles. The smallest absolute Gasteiger partial charge is 0.197 e. The van der Waals surface area contributed by atoms with E-state index in [0.717, 1.165) is 10.0 Å². The average molecular weight is 317 g/mol. The van der Waals surface area contributed by atoms with Gasteiger partial charge in [-0.05, 0) is 24.3 Å².